The van der Waals surface area contributed by atoms with Gasteiger partial charge in [0.25, 0.3) is 0 Å². The molecule has 0 amide bonds. The normalized spacial score (nSPS) is 12.3. The summed E-state index contributed by atoms with van der Waals surface area (Å²) >= 11 is 0. The van der Waals surface area contributed by atoms with Crippen molar-refractivity contribution in [3.63, 3.8) is 0 Å². The lowest BCUT2D eigenvalue weighted by Gasteiger charge is -2.10. The number of nitrogens with zero attached hydrogens (tertiary/aromatic N) is 2. The Morgan fingerprint density at radius 1 is 1.25 bits per heavy atom. The minimum Gasteiger partial charge on any atom is -0.310 e. The van der Waals surface area contributed by atoms with E-state index in [2.05, 4.69) is 38.1 Å². The van der Waals surface area contributed by atoms with E-state index in [0.717, 1.165) is 30.8 Å². The van der Waals surface area contributed by atoms with Crippen LogP contribution in [0.5, 0.6) is 0 Å². The highest BCUT2D eigenvalue weighted by Gasteiger charge is 2.16. The third kappa shape index (κ3) is 4.90. The molecule has 0 aliphatic carbocycles. The van der Waals surface area contributed by atoms with Crippen molar-refractivity contribution < 1.29 is 8.42 Å². The molecule has 1 heterocycles. The Bertz CT molecular complexity index is 533. The number of aryl methyl sites for hydroxylation is 2. The fraction of sp³-hybridized carbons (Fsp3) is 0.786. The maximum Gasteiger partial charge on any atom is 0.149 e. The van der Waals surface area contributed by atoms with Crippen molar-refractivity contribution >= 4 is 9.84 Å². The zero-order valence-corrected chi connectivity index (χ0v) is 14.0. The van der Waals surface area contributed by atoms with Gasteiger partial charge in [0.1, 0.15) is 9.84 Å². The molecule has 0 aromatic carbocycles. The van der Waals surface area contributed by atoms with Gasteiger partial charge in [0.05, 0.1) is 18.0 Å². The van der Waals surface area contributed by atoms with Crippen molar-refractivity contribution in [2.45, 2.75) is 59.7 Å². The fourth-order valence-corrected chi connectivity index (χ4v) is 2.72. The molecule has 0 radical (unpaired) electrons. The molecule has 0 spiro atoms. The predicted octanol–water partition coefficient (Wildman–Crippen LogP) is 1.55. The summed E-state index contributed by atoms with van der Waals surface area (Å²) in [4.78, 5) is 0. The van der Waals surface area contributed by atoms with E-state index in [9.17, 15) is 8.42 Å². The maximum absolute atomic E-state index is 11.3. The first-order chi connectivity index (χ1) is 9.28. The largest absolute Gasteiger partial charge is 0.310 e. The average Bonchev–Trinajstić information content (AvgIpc) is 2.69. The van der Waals surface area contributed by atoms with E-state index in [1.54, 1.807) is 0 Å². The summed E-state index contributed by atoms with van der Waals surface area (Å²) in [5, 5.41) is 8.02. The van der Waals surface area contributed by atoms with Crippen LogP contribution in [0.1, 0.15) is 44.6 Å². The molecule has 6 heteroatoms. The molecule has 1 rings (SSSR count). The molecule has 0 atom stereocenters. The molecular weight excluding hydrogens is 274 g/mol. The number of rotatable bonds is 8. The minimum atomic E-state index is -2.96. The van der Waals surface area contributed by atoms with Crippen LogP contribution in [0.25, 0.3) is 0 Å². The molecule has 0 saturated carbocycles. The third-order valence-corrected chi connectivity index (χ3v) is 4.20. The highest BCUT2D eigenvalue weighted by Crippen LogP contribution is 2.16. The molecule has 116 valence electrons. The molecule has 0 aliphatic rings. The van der Waals surface area contributed by atoms with Crippen molar-refractivity contribution in [1.82, 2.24) is 15.1 Å². The van der Waals surface area contributed by atoms with E-state index in [-0.39, 0.29) is 5.75 Å². The van der Waals surface area contributed by atoms with Crippen LogP contribution in [-0.4, -0.2) is 36.2 Å². The van der Waals surface area contributed by atoms with Crippen LogP contribution in [0.2, 0.25) is 0 Å². The van der Waals surface area contributed by atoms with Gasteiger partial charge < -0.3 is 5.32 Å². The van der Waals surface area contributed by atoms with Crippen molar-refractivity contribution in [2.75, 3.05) is 12.0 Å². The number of hydrogen-bond donors (Lipinski definition) is 1. The molecule has 0 bridgehead atoms. The monoisotopic (exact) mass is 301 g/mol. The van der Waals surface area contributed by atoms with Crippen LogP contribution >= 0.6 is 0 Å². The predicted molar refractivity (Wildman–Crippen MR) is 82.7 cm³/mol. The Morgan fingerprint density at radius 2 is 1.90 bits per heavy atom. The van der Waals surface area contributed by atoms with Gasteiger partial charge >= 0.3 is 0 Å². The summed E-state index contributed by atoms with van der Waals surface area (Å²) in [6.45, 7) is 9.64. The summed E-state index contributed by atoms with van der Waals surface area (Å²) in [7, 11) is -2.96. The molecule has 20 heavy (non-hydrogen) atoms. The van der Waals surface area contributed by atoms with Gasteiger partial charge in [-0.1, -0.05) is 27.7 Å². The number of nitrogens with one attached hydrogen (secondary N) is 1. The second-order valence-corrected chi connectivity index (χ2v) is 7.73. The Morgan fingerprint density at radius 3 is 2.35 bits per heavy atom. The van der Waals surface area contributed by atoms with Gasteiger partial charge in [0, 0.05) is 30.1 Å². The van der Waals surface area contributed by atoms with Crippen molar-refractivity contribution in [3.8, 4) is 0 Å². The van der Waals surface area contributed by atoms with E-state index in [4.69, 9.17) is 0 Å². The van der Waals surface area contributed by atoms with Crippen molar-refractivity contribution in [2.24, 2.45) is 0 Å². The van der Waals surface area contributed by atoms with Crippen LogP contribution in [-0.2, 0) is 35.8 Å². The maximum atomic E-state index is 11.3. The lowest BCUT2D eigenvalue weighted by Crippen LogP contribution is -2.23. The quantitative estimate of drug-likeness (QED) is 0.791. The summed E-state index contributed by atoms with van der Waals surface area (Å²) in [5.74, 6) is 0.141. The second kappa shape index (κ2) is 7.22. The van der Waals surface area contributed by atoms with Crippen molar-refractivity contribution in [3.05, 3.63) is 17.0 Å². The van der Waals surface area contributed by atoms with E-state index in [0.29, 0.717) is 12.6 Å². The highest BCUT2D eigenvalue weighted by atomic mass is 32.2. The zero-order chi connectivity index (χ0) is 15.3. The molecular formula is C14H27N3O2S. The SMILES string of the molecule is CCc1nn(CCS(C)(=O)=O)c(CC)c1CNC(C)C. The van der Waals surface area contributed by atoms with E-state index in [1.807, 2.05) is 4.68 Å². The Labute approximate surface area is 122 Å². The fourth-order valence-electron chi connectivity index (χ4n) is 2.22. The lowest BCUT2D eigenvalue weighted by atomic mass is 10.1. The van der Waals surface area contributed by atoms with E-state index < -0.39 is 9.84 Å². The summed E-state index contributed by atoms with van der Waals surface area (Å²) in [6, 6.07) is 0.420. The van der Waals surface area contributed by atoms with Crippen molar-refractivity contribution in [1.29, 1.82) is 0 Å². The van der Waals surface area contributed by atoms with Gasteiger partial charge in [0.15, 0.2) is 0 Å². The van der Waals surface area contributed by atoms with Gasteiger partial charge in [0.2, 0.25) is 0 Å². The van der Waals surface area contributed by atoms with Gasteiger partial charge in [-0.25, -0.2) is 8.42 Å². The summed E-state index contributed by atoms with van der Waals surface area (Å²) in [5.41, 5.74) is 3.46. The molecule has 0 unspecified atom stereocenters. The first-order valence-electron chi connectivity index (χ1n) is 7.27. The highest BCUT2D eigenvalue weighted by molar-refractivity contribution is 7.90. The molecule has 1 aromatic rings. The molecule has 0 aliphatic heterocycles. The zero-order valence-electron chi connectivity index (χ0n) is 13.2. The van der Waals surface area contributed by atoms with E-state index in [1.165, 1.54) is 11.8 Å². The van der Waals surface area contributed by atoms with Gasteiger partial charge in [-0.3, -0.25) is 4.68 Å². The number of sulfone groups is 1. The average molecular weight is 301 g/mol. The van der Waals surface area contributed by atoms with Crippen LogP contribution in [0.15, 0.2) is 0 Å². The molecule has 5 nitrogen and oxygen atoms in total. The Balaban J connectivity index is 3.00. The van der Waals surface area contributed by atoms with Crippen LogP contribution in [0.3, 0.4) is 0 Å². The number of aromatic nitrogens is 2. The Hall–Kier alpha value is -0.880. The second-order valence-electron chi connectivity index (χ2n) is 5.47. The first-order valence-corrected chi connectivity index (χ1v) is 9.33. The molecule has 1 aromatic heterocycles. The Kier molecular flexibility index (Phi) is 6.20. The van der Waals surface area contributed by atoms with Gasteiger partial charge in [-0.2, -0.15) is 5.10 Å². The standard InChI is InChI=1S/C14H27N3O2S/c1-6-13-12(10-15-11(3)4)14(7-2)17(16-13)8-9-20(5,18)19/h11,15H,6-10H2,1-5H3. The summed E-state index contributed by atoms with van der Waals surface area (Å²) in [6.07, 6.45) is 3.00. The minimum absolute atomic E-state index is 0.141. The smallest absolute Gasteiger partial charge is 0.149 e. The number of hydrogen-bond acceptors (Lipinski definition) is 4. The summed E-state index contributed by atoms with van der Waals surface area (Å²) < 4.78 is 24.5. The lowest BCUT2D eigenvalue weighted by molar-refractivity contribution is 0.572. The topological polar surface area (TPSA) is 64.0 Å². The van der Waals surface area contributed by atoms with E-state index >= 15 is 0 Å². The molecule has 0 fully saturated rings. The van der Waals surface area contributed by atoms with Crippen LogP contribution < -0.4 is 5.32 Å². The molecule has 1 N–H and O–H groups in total. The van der Waals surface area contributed by atoms with Crippen LogP contribution in [0, 0.1) is 0 Å². The first kappa shape index (κ1) is 17.2. The van der Waals surface area contributed by atoms with Gasteiger partial charge in [-0.15, -0.1) is 0 Å². The van der Waals surface area contributed by atoms with Crippen LogP contribution in [0.4, 0.5) is 0 Å². The third-order valence-electron chi connectivity index (χ3n) is 3.28. The van der Waals surface area contributed by atoms with Gasteiger partial charge in [-0.05, 0) is 12.8 Å². The molecule has 0 saturated heterocycles.